The average Bonchev–Trinajstić information content (AvgIpc) is 3.14. The minimum atomic E-state index is -0.180. The van der Waals surface area contributed by atoms with Crippen molar-refractivity contribution in [2.45, 2.75) is 32.7 Å². The van der Waals surface area contributed by atoms with Gasteiger partial charge in [-0.3, -0.25) is 4.79 Å². The summed E-state index contributed by atoms with van der Waals surface area (Å²) in [5.41, 5.74) is 1.09. The predicted molar refractivity (Wildman–Crippen MR) is 87.4 cm³/mol. The zero-order valence-corrected chi connectivity index (χ0v) is 14.3. The van der Waals surface area contributed by atoms with E-state index in [0.29, 0.717) is 18.0 Å². The first-order valence-electron chi connectivity index (χ1n) is 7.22. The fourth-order valence-electron chi connectivity index (χ4n) is 2.28. The second-order valence-electron chi connectivity index (χ2n) is 6.39. The van der Waals surface area contributed by atoms with E-state index in [4.69, 9.17) is 0 Å². The fraction of sp³-hybridized carbons (Fsp3) is 0.400. The van der Waals surface area contributed by atoms with Gasteiger partial charge in [-0.15, -0.1) is 0 Å². The second kappa shape index (κ2) is 5.69. The van der Waals surface area contributed by atoms with Gasteiger partial charge < -0.3 is 4.90 Å². The van der Waals surface area contributed by atoms with Crippen molar-refractivity contribution in [3.8, 4) is 0 Å². The highest BCUT2D eigenvalue weighted by Gasteiger charge is 2.23. The van der Waals surface area contributed by atoms with Crippen LogP contribution in [0.5, 0.6) is 0 Å². The van der Waals surface area contributed by atoms with Gasteiger partial charge in [-0.25, -0.2) is 13.9 Å². The van der Waals surface area contributed by atoms with Gasteiger partial charge in [0.05, 0.1) is 12.2 Å². The summed E-state index contributed by atoms with van der Waals surface area (Å²) in [6.07, 6.45) is 3.18. The van der Waals surface area contributed by atoms with Crippen LogP contribution in [0, 0.1) is 0 Å². The molecule has 3 heterocycles. The van der Waals surface area contributed by atoms with Crippen molar-refractivity contribution in [2.24, 2.45) is 0 Å². The average molecular weight is 330 g/mol. The van der Waals surface area contributed by atoms with Gasteiger partial charge in [0.15, 0.2) is 0 Å². The number of carbonyl (C=O) groups excluding carboxylic acids is 1. The molecule has 7 nitrogen and oxygen atoms in total. The Bertz CT molecular complexity index is 833. The minimum Gasteiger partial charge on any atom is -0.335 e. The molecule has 0 aliphatic heterocycles. The van der Waals surface area contributed by atoms with Crippen LogP contribution in [-0.2, 0) is 12.0 Å². The zero-order valence-electron chi connectivity index (χ0n) is 13.5. The number of amides is 1. The van der Waals surface area contributed by atoms with Crippen molar-refractivity contribution >= 4 is 23.2 Å². The zero-order chi connectivity index (χ0) is 16.6. The Hall–Kier alpha value is -2.35. The van der Waals surface area contributed by atoms with Crippen LogP contribution in [-0.4, -0.2) is 41.8 Å². The Balaban J connectivity index is 1.97. The van der Waals surface area contributed by atoms with Crippen LogP contribution in [0.1, 0.15) is 41.8 Å². The summed E-state index contributed by atoms with van der Waals surface area (Å²) < 4.78 is 5.73. The molecule has 0 bridgehead atoms. The van der Waals surface area contributed by atoms with Gasteiger partial charge in [0.1, 0.15) is 12.0 Å². The van der Waals surface area contributed by atoms with E-state index in [0.717, 1.165) is 10.6 Å². The first kappa shape index (κ1) is 15.5. The molecule has 0 atom stereocenters. The molecule has 0 aromatic carbocycles. The highest BCUT2D eigenvalue weighted by atomic mass is 32.1. The first-order chi connectivity index (χ1) is 10.9. The molecule has 3 rings (SSSR count). The lowest BCUT2D eigenvalue weighted by atomic mass is 9.91. The monoisotopic (exact) mass is 330 g/mol. The molecule has 0 aliphatic carbocycles. The van der Waals surface area contributed by atoms with Gasteiger partial charge in [-0.2, -0.15) is 10.1 Å². The fourth-order valence-corrected chi connectivity index (χ4v) is 2.91. The maximum atomic E-state index is 12.7. The lowest BCUT2D eigenvalue weighted by Crippen LogP contribution is -2.28. The molecule has 0 N–H and O–H groups in total. The summed E-state index contributed by atoms with van der Waals surface area (Å²) in [5, 5.41) is 4.20. The topological polar surface area (TPSA) is 76.3 Å². The van der Waals surface area contributed by atoms with Gasteiger partial charge in [0, 0.05) is 23.5 Å². The highest BCUT2D eigenvalue weighted by Crippen LogP contribution is 2.23. The van der Waals surface area contributed by atoms with Crippen molar-refractivity contribution in [2.75, 3.05) is 7.05 Å². The smallest absolute Gasteiger partial charge is 0.272 e. The Morgan fingerprint density at radius 2 is 2.17 bits per heavy atom. The molecule has 0 fully saturated rings. The van der Waals surface area contributed by atoms with Gasteiger partial charge in [0.2, 0.25) is 0 Å². The summed E-state index contributed by atoms with van der Waals surface area (Å²) in [6, 6.07) is 3.71. The molecule has 0 unspecified atom stereocenters. The van der Waals surface area contributed by atoms with Gasteiger partial charge in [0.25, 0.3) is 11.7 Å². The number of rotatable bonds is 3. The van der Waals surface area contributed by atoms with E-state index < -0.39 is 0 Å². The number of fused-ring (bicyclic) bond motifs is 1. The van der Waals surface area contributed by atoms with Crippen LogP contribution < -0.4 is 0 Å². The molecular weight excluding hydrogens is 312 g/mol. The quantitative estimate of drug-likeness (QED) is 0.735. The molecule has 23 heavy (non-hydrogen) atoms. The molecule has 3 aromatic rings. The number of nitrogens with zero attached hydrogens (tertiary/aromatic N) is 6. The second-order valence-corrected chi connectivity index (χ2v) is 7.31. The summed E-state index contributed by atoms with van der Waals surface area (Å²) in [5.74, 6) is 0.293. The van der Waals surface area contributed by atoms with E-state index in [1.165, 1.54) is 17.9 Å². The van der Waals surface area contributed by atoms with Crippen LogP contribution in [0.2, 0.25) is 0 Å². The van der Waals surface area contributed by atoms with Crippen molar-refractivity contribution in [1.29, 1.82) is 0 Å². The largest absolute Gasteiger partial charge is 0.335 e. The van der Waals surface area contributed by atoms with Crippen LogP contribution in [0.25, 0.3) is 5.78 Å². The van der Waals surface area contributed by atoms with E-state index in [1.807, 2.05) is 6.07 Å². The standard InChI is InChI=1S/C15H18N6OS/c1-15(2,3)12-7-11(19-14-16-9-17-21(12)14)13(22)20(4)8-10-5-6-18-23-10/h5-7,9H,8H2,1-4H3. The number of hydrogen-bond acceptors (Lipinski definition) is 6. The maximum Gasteiger partial charge on any atom is 0.272 e. The van der Waals surface area contributed by atoms with Crippen LogP contribution >= 0.6 is 11.5 Å². The molecule has 1 amide bonds. The van der Waals surface area contributed by atoms with E-state index in [2.05, 4.69) is 40.2 Å². The molecular formula is C15H18N6OS. The third-order valence-corrected chi connectivity index (χ3v) is 4.20. The van der Waals surface area contributed by atoms with E-state index >= 15 is 0 Å². The summed E-state index contributed by atoms with van der Waals surface area (Å²) >= 11 is 1.38. The van der Waals surface area contributed by atoms with E-state index in [9.17, 15) is 4.79 Å². The Morgan fingerprint density at radius 3 is 2.83 bits per heavy atom. The Morgan fingerprint density at radius 1 is 1.39 bits per heavy atom. The number of aromatic nitrogens is 5. The molecule has 120 valence electrons. The van der Waals surface area contributed by atoms with Crippen molar-refractivity contribution in [3.05, 3.63) is 40.9 Å². The molecule has 0 spiro atoms. The molecule has 0 saturated heterocycles. The van der Waals surface area contributed by atoms with E-state index in [1.54, 1.807) is 28.7 Å². The summed E-state index contributed by atoms with van der Waals surface area (Å²) in [4.78, 5) is 23.8. The van der Waals surface area contributed by atoms with Crippen LogP contribution in [0.3, 0.4) is 0 Å². The maximum absolute atomic E-state index is 12.7. The predicted octanol–water partition coefficient (Wildman–Crippen LogP) is 2.15. The lowest BCUT2D eigenvalue weighted by molar-refractivity contribution is 0.0780. The minimum absolute atomic E-state index is 0.144. The molecule has 0 saturated carbocycles. The van der Waals surface area contributed by atoms with Gasteiger partial charge in [-0.1, -0.05) is 20.8 Å². The van der Waals surface area contributed by atoms with E-state index in [-0.39, 0.29) is 11.3 Å². The summed E-state index contributed by atoms with van der Waals surface area (Å²) in [6.45, 7) is 6.71. The molecule has 0 aliphatic rings. The third-order valence-electron chi connectivity index (χ3n) is 3.47. The Labute approximate surface area is 138 Å². The molecule has 8 heteroatoms. The molecule has 3 aromatic heterocycles. The number of carbonyl (C=O) groups is 1. The highest BCUT2D eigenvalue weighted by molar-refractivity contribution is 7.05. The van der Waals surface area contributed by atoms with Crippen molar-refractivity contribution in [3.63, 3.8) is 0 Å². The van der Waals surface area contributed by atoms with Crippen LogP contribution in [0.4, 0.5) is 0 Å². The lowest BCUT2D eigenvalue weighted by Gasteiger charge is -2.21. The number of hydrogen-bond donors (Lipinski definition) is 0. The van der Waals surface area contributed by atoms with Gasteiger partial charge in [-0.05, 0) is 23.7 Å². The van der Waals surface area contributed by atoms with Crippen LogP contribution in [0.15, 0.2) is 24.7 Å². The van der Waals surface area contributed by atoms with Gasteiger partial charge >= 0.3 is 0 Å². The summed E-state index contributed by atoms with van der Waals surface area (Å²) in [7, 11) is 1.76. The Kier molecular flexibility index (Phi) is 3.85. The normalized spacial score (nSPS) is 11.8. The van der Waals surface area contributed by atoms with Crippen molar-refractivity contribution in [1.82, 2.24) is 28.9 Å². The molecule has 0 radical (unpaired) electrons. The SMILES string of the molecule is CN(Cc1ccns1)C(=O)c1cc(C(C)(C)C)n2ncnc2n1. The third kappa shape index (κ3) is 3.07. The first-order valence-corrected chi connectivity index (χ1v) is 8.00. The van der Waals surface area contributed by atoms with Crippen molar-refractivity contribution < 1.29 is 4.79 Å².